The highest BCUT2D eigenvalue weighted by Gasteiger charge is 2.59. The lowest BCUT2D eigenvalue weighted by Gasteiger charge is -2.28. The number of phenolic OH excluding ortho intramolecular Hbond substituents is 1. The van der Waals surface area contributed by atoms with Crippen LogP contribution >= 0.6 is 11.6 Å². The van der Waals surface area contributed by atoms with E-state index in [1.54, 1.807) is 0 Å². The molecule has 5 heteroatoms. The average molecular weight is 351 g/mol. The standard InChI is InChI=1S/C19H27ClN2O2/c20-16-10-13(12-22-7-5-21-6-8-22)9-14(18(16)24)19-4-2-1-3-17(23)15(19)11-19/h9-10,15,17,21,23-24H,1-8,11-12H2. The van der Waals surface area contributed by atoms with Crippen LogP contribution in [0.5, 0.6) is 5.75 Å². The highest BCUT2D eigenvalue weighted by Crippen LogP contribution is 2.63. The number of aliphatic hydroxyl groups is 1. The van der Waals surface area contributed by atoms with Crippen LogP contribution in [-0.2, 0) is 12.0 Å². The molecule has 0 radical (unpaired) electrons. The van der Waals surface area contributed by atoms with Gasteiger partial charge in [0, 0.05) is 43.7 Å². The molecule has 4 nitrogen and oxygen atoms in total. The Balaban J connectivity index is 1.63. The molecule has 1 aliphatic heterocycles. The molecule has 0 bridgehead atoms. The fourth-order valence-corrected chi connectivity index (χ4v) is 5.06. The van der Waals surface area contributed by atoms with Gasteiger partial charge >= 0.3 is 0 Å². The van der Waals surface area contributed by atoms with Gasteiger partial charge in [0.15, 0.2) is 0 Å². The number of hydrogen-bond donors (Lipinski definition) is 3. The Labute approximate surface area is 148 Å². The molecule has 2 aliphatic carbocycles. The van der Waals surface area contributed by atoms with Crippen LogP contribution in [0, 0.1) is 5.92 Å². The van der Waals surface area contributed by atoms with Crippen molar-refractivity contribution in [1.82, 2.24) is 10.2 Å². The summed E-state index contributed by atoms with van der Waals surface area (Å²) in [5.74, 6) is 0.522. The van der Waals surface area contributed by atoms with Gasteiger partial charge in [-0.25, -0.2) is 0 Å². The molecule has 4 rings (SSSR count). The molecule has 1 saturated heterocycles. The summed E-state index contributed by atoms with van der Waals surface area (Å²) in [6.07, 6.45) is 4.88. The molecule has 3 aliphatic rings. The predicted molar refractivity (Wildman–Crippen MR) is 95.5 cm³/mol. The smallest absolute Gasteiger partial charge is 0.137 e. The van der Waals surface area contributed by atoms with Crippen molar-refractivity contribution in [2.45, 2.75) is 50.2 Å². The van der Waals surface area contributed by atoms with E-state index < -0.39 is 0 Å². The fraction of sp³-hybridized carbons (Fsp3) is 0.684. The van der Waals surface area contributed by atoms with E-state index in [1.165, 1.54) is 5.56 Å². The second-order valence-corrected chi connectivity index (χ2v) is 8.19. The third-order valence-electron chi connectivity index (χ3n) is 6.25. The molecule has 1 heterocycles. The highest BCUT2D eigenvalue weighted by atomic mass is 35.5. The molecule has 3 fully saturated rings. The van der Waals surface area contributed by atoms with Gasteiger partial charge in [-0.2, -0.15) is 0 Å². The number of rotatable bonds is 3. The molecule has 2 saturated carbocycles. The number of benzene rings is 1. The molecule has 1 aromatic rings. The van der Waals surface area contributed by atoms with Crippen molar-refractivity contribution in [2.24, 2.45) is 5.92 Å². The minimum absolute atomic E-state index is 0.0525. The molecule has 0 spiro atoms. The first-order valence-corrected chi connectivity index (χ1v) is 9.61. The lowest BCUT2D eigenvalue weighted by Crippen LogP contribution is -2.42. The Morgan fingerprint density at radius 2 is 2.04 bits per heavy atom. The maximum atomic E-state index is 10.6. The Hall–Kier alpha value is -0.810. The Bertz CT molecular complexity index is 618. The molecule has 0 aromatic heterocycles. The van der Waals surface area contributed by atoms with Gasteiger partial charge in [-0.15, -0.1) is 0 Å². The molecule has 132 valence electrons. The topological polar surface area (TPSA) is 55.7 Å². The maximum absolute atomic E-state index is 10.6. The number of halogens is 1. The second-order valence-electron chi connectivity index (χ2n) is 7.78. The number of fused-ring (bicyclic) bond motifs is 1. The number of aromatic hydroxyl groups is 1. The minimum Gasteiger partial charge on any atom is -0.506 e. The van der Waals surface area contributed by atoms with Gasteiger partial charge in [-0.05, 0) is 36.8 Å². The van der Waals surface area contributed by atoms with Crippen LogP contribution in [0.3, 0.4) is 0 Å². The largest absolute Gasteiger partial charge is 0.506 e. The SMILES string of the molecule is Oc1c(Cl)cc(CN2CCNCC2)cc1C12CCCCC(O)C1C2. The first-order chi connectivity index (χ1) is 11.6. The van der Waals surface area contributed by atoms with Crippen molar-refractivity contribution < 1.29 is 10.2 Å². The Morgan fingerprint density at radius 1 is 1.25 bits per heavy atom. The van der Waals surface area contributed by atoms with Gasteiger partial charge in [0.05, 0.1) is 11.1 Å². The van der Waals surface area contributed by atoms with E-state index in [0.717, 1.165) is 70.4 Å². The van der Waals surface area contributed by atoms with Gasteiger partial charge in [-0.1, -0.05) is 30.5 Å². The van der Waals surface area contributed by atoms with E-state index in [0.29, 0.717) is 5.02 Å². The van der Waals surface area contributed by atoms with Gasteiger partial charge in [-0.3, -0.25) is 4.90 Å². The van der Waals surface area contributed by atoms with Gasteiger partial charge < -0.3 is 15.5 Å². The lowest BCUT2D eigenvalue weighted by atomic mass is 9.86. The number of phenols is 1. The van der Waals surface area contributed by atoms with E-state index in [1.807, 2.05) is 6.07 Å². The van der Waals surface area contributed by atoms with Crippen molar-refractivity contribution in [3.63, 3.8) is 0 Å². The van der Waals surface area contributed by atoms with E-state index in [4.69, 9.17) is 11.6 Å². The molecule has 0 amide bonds. The first-order valence-electron chi connectivity index (χ1n) is 9.23. The third kappa shape index (κ3) is 2.94. The van der Waals surface area contributed by atoms with Crippen LogP contribution in [-0.4, -0.2) is 47.4 Å². The summed E-state index contributed by atoms with van der Waals surface area (Å²) in [6.45, 7) is 5.01. The molecule has 24 heavy (non-hydrogen) atoms. The average Bonchev–Trinajstić information content (AvgIpc) is 3.32. The molecule has 3 atom stereocenters. The number of nitrogens with one attached hydrogen (secondary N) is 1. The summed E-state index contributed by atoms with van der Waals surface area (Å²) in [6, 6.07) is 4.06. The Kier molecular flexibility index (Phi) is 4.50. The zero-order valence-corrected chi connectivity index (χ0v) is 14.9. The quantitative estimate of drug-likeness (QED) is 0.784. The first kappa shape index (κ1) is 16.6. The summed E-state index contributed by atoms with van der Waals surface area (Å²) in [5.41, 5.74) is 2.10. The van der Waals surface area contributed by atoms with E-state index in [2.05, 4.69) is 16.3 Å². The van der Waals surface area contributed by atoms with Crippen molar-refractivity contribution >= 4 is 11.6 Å². The van der Waals surface area contributed by atoms with Gasteiger partial charge in [0.2, 0.25) is 0 Å². The second kappa shape index (κ2) is 6.49. The van der Waals surface area contributed by atoms with Crippen LogP contribution in [0.4, 0.5) is 0 Å². The lowest BCUT2D eigenvalue weighted by molar-refractivity contribution is 0.136. The summed E-state index contributed by atoms with van der Waals surface area (Å²) < 4.78 is 0. The van der Waals surface area contributed by atoms with E-state index >= 15 is 0 Å². The molecular formula is C19H27ClN2O2. The molecule has 3 N–H and O–H groups in total. The van der Waals surface area contributed by atoms with Gasteiger partial charge in [0.1, 0.15) is 5.75 Å². The van der Waals surface area contributed by atoms with Crippen LogP contribution in [0.25, 0.3) is 0 Å². The highest BCUT2D eigenvalue weighted by molar-refractivity contribution is 6.32. The maximum Gasteiger partial charge on any atom is 0.137 e. The number of aliphatic hydroxyl groups excluding tert-OH is 1. The Morgan fingerprint density at radius 3 is 2.83 bits per heavy atom. The third-order valence-corrected chi connectivity index (χ3v) is 6.53. The van der Waals surface area contributed by atoms with Gasteiger partial charge in [0.25, 0.3) is 0 Å². The fourth-order valence-electron chi connectivity index (χ4n) is 4.82. The normalized spacial score (nSPS) is 33.8. The van der Waals surface area contributed by atoms with Crippen molar-refractivity contribution in [3.8, 4) is 5.75 Å². The van der Waals surface area contributed by atoms with Crippen LogP contribution in [0.15, 0.2) is 12.1 Å². The van der Waals surface area contributed by atoms with Crippen molar-refractivity contribution in [3.05, 3.63) is 28.3 Å². The summed E-state index contributed by atoms with van der Waals surface area (Å²) in [5, 5.41) is 24.8. The van der Waals surface area contributed by atoms with Crippen LogP contribution in [0.1, 0.15) is 43.2 Å². The summed E-state index contributed by atoms with van der Waals surface area (Å²) in [4.78, 5) is 2.42. The van der Waals surface area contributed by atoms with E-state index in [-0.39, 0.29) is 23.2 Å². The number of piperazine rings is 1. The van der Waals surface area contributed by atoms with Crippen molar-refractivity contribution in [2.75, 3.05) is 26.2 Å². The monoisotopic (exact) mass is 350 g/mol. The zero-order valence-electron chi connectivity index (χ0n) is 14.1. The minimum atomic E-state index is -0.234. The number of nitrogens with zero attached hydrogens (tertiary/aromatic N) is 1. The van der Waals surface area contributed by atoms with Crippen LogP contribution < -0.4 is 5.32 Å². The van der Waals surface area contributed by atoms with Crippen LogP contribution in [0.2, 0.25) is 5.02 Å². The molecule has 3 unspecified atom stereocenters. The zero-order chi connectivity index (χ0) is 16.7. The van der Waals surface area contributed by atoms with E-state index in [9.17, 15) is 10.2 Å². The molecular weight excluding hydrogens is 324 g/mol. The molecule has 1 aromatic carbocycles. The summed E-state index contributed by atoms with van der Waals surface area (Å²) in [7, 11) is 0. The number of hydrogen-bond acceptors (Lipinski definition) is 4. The predicted octanol–water partition coefficient (Wildman–Crippen LogP) is 2.64. The van der Waals surface area contributed by atoms with Crippen molar-refractivity contribution in [1.29, 1.82) is 0 Å². The summed E-state index contributed by atoms with van der Waals surface area (Å²) >= 11 is 6.37.